The Bertz CT molecular complexity index is 495. The summed E-state index contributed by atoms with van der Waals surface area (Å²) in [4.78, 5) is 14.9. The van der Waals surface area contributed by atoms with Gasteiger partial charge in [-0.25, -0.2) is 5.10 Å². The summed E-state index contributed by atoms with van der Waals surface area (Å²) in [6.45, 7) is 0.759. The fraction of sp³-hybridized carbons (Fsp3) is 0.182. The Labute approximate surface area is 92.6 Å². The number of anilines is 1. The molecule has 2 rings (SSSR count). The van der Waals surface area contributed by atoms with Crippen molar-refractivity contribution >= 4 is 5.69 Å². The zero-order valence-corrected chi connectivity index (χ0v) is 8.68. The maximum atomic E-state index is 11.0. The third kappa shape index (κ3) is 2.91. The highest BCUT2D eigenvalue weighted by atomic mass is 16.1. The fourth-order valence-electron chi connectivity index (χ4n) is 1.37. The molecule has 0 saturated heterocycles. The molecule has 2 heterocycles. The predicted molar refractivity (Wildman–Crippen MR) is 61.3 cm³/mol. The Balaban J connectivity index is 1.87. The molecule has 2 aromatic heterocycles. The van der Waals surface area contributed by atoms with Crippen molar-refractivity contribution in [3.63, 3.8) is 0 Å². The van der Waals surface area contributed by atoms with Crippen molar-refractivity contribution in [1.82, 2.24) is 15.2 Å². The Kier molecular flexibility index (Phi) is 3.28. The molecule has 0 saturated carbocycles. The predicted octanol–water partition coefficient (Wildman–Crippen LogP) is 0.819. The van der Waals surface area contributed by atoms with E-state index in [2.05, 4.69) is 20.5 Å². The summed E-state index contributed by atoms with van der Waals surface area (Å²) in [6, 6.07) is 5.43. The molecule has 5 nitrogen and oxygen atoms in total. The molecule has 0 aliphatic carbocycles. The van der Waals surface area contributed by atoms with Gasteiger partial charge >= 0.3 is 0 Å². The van der Waals surface area contributed by atoms with E-state index in [0.717, 1.165) is 18.7 Å². The van der Waals surface area contributed by atoms with E-state index < -0.39 is 0 Å². The van der Waals surface area contributed by atoms with Gasteiger partial charge in [-0.2, -0.15) is 5.10 Å². The molecule has 0 spiro atoms. The SMILES string of the molecule is O=c1cc(NCCc2ccncc2)cn[nH]1. The van der Waals surface area contributed by atoms with Gasteiger partial charge in [0.15, 0.2) is 0 Å². The molecular formula is C11H12N4O. The van der Waals surface area contributed by atoms with E-state index in [4.69, 9.17) is 0 Å². The average Bonchev–Trinajstić information content (AvgIpc) is 2.30. The number of pyridine rings is 1. The molecule has 16 heavy (non-hydrogen) atoms. The highest BCUT2D eigenvalue weighted by Gasteiger charge is 1.94. The number of nitrogens with zero attached hydrogens (tertiary/aromatic N) is 2. The van der Waals surface area contributed by atoms with Crippen LogP contribution in [0.4, 0.5) is 5.69 Å². The molecule has 5 heteroatoms. The van der Waals surface area contributed by atoms with E-state index in [0.29, 0.717) is 0 Å². The van der Waals surface area contributed by atoms with Crippen LogP contribution in [-0.2, 0) is 6.42 Å². The monoisotopic (exact) mass is 216 g/mol. The minimum atomic E-state index is -0.200. The van der Waals surface area contributed by atoms with Gasteiger partial charge in [0, 0.05) is 25.0 Å². The zero-order valence-electron chi connectivity index (χ0n) is 8.68. The molecule has 82 valence electrons. The van der Waals surface area contributed by atoms with Gasteiger partial charge in [-0.1, -0.05) is 0 Å². The molecule has 0 amide bonds. The summed E-state index contributed by atoms with van der Waals surface area (Å²) >= 11 is 0. The molecule has 0 atom stereocenters. The summed E-state index contributed by atoms with van der Waals surface area (Å²) < 4.78 is 0. The third-order valence-corrected chi connectivity index (χ3v) is 2.16. The van der Waals surface area contributed by atoms with Crippen molar-refractivity contribution < 1.29 is 0 Å². The van der Waals surface area contributed by atoms with Gasteiger partial charge in [0.05, 0.1) is 11.9 Å². The first-order valence-electron chi connectivity index (χ1n) is 5.02. The van der Waals surface area contributed by atoms with Crippen molar-refractivity contribution in [2.75, 3.05) is 11.9 Å². The summed E-state index contributed by atoms with van der Waals surface area (Å²) in [5, 5.41) is 9.16. The molecule has 0 radical (unpaired) electrons. The van der Waals surface area contributed by atoms with Crippen LogP contribution in [-0.4, -0.2) is 21.7 Å². The van der Waals surface area contributed by atoms with E-state index in [-0.39, 0.29) is 5.56 Å². The summed E-state index contributed by atoms with van der Waals surface area (Å²) in [5.74, 6) is 0. The minimum absolute atomic E-state index is 0.200. The second kappa shape index (κ2) is 5.06. The summed E-state index contributed by atoms with van der Waals surface area (Å²) in [6.07, 6.45) is 6.01. The Hall–Kier alpha value is -2.17. The first kappa shape index (κ1) is 10.4. The van der Waals surface area contributed by atoms with Crippen molar-refractivity contribution in [2.45, 2.75) is 6.42 Å². The van der Waals surface area contributed by atoms with Gasteiger partial charge in [-0.3, -0.25) is 9.78 Å². The molecule has 0 unspecified atom stereocenters. The summed E-state index contributed by atoms with van der Waals surface area (Å²) in [7, 11) is 0. The number of aromatic amines is 1. The lowest BCUT2D eigenvalue weighted by atomic mass is 10.2. The van der Waals surface area contributed by atoms with Gasteiger partial charge in [-0.15, -0.1) is 0 Å². The van der Waals surface area contributed by atoms with Crippen LogP contribution in [0.1, 0.15) is 5.56 Å². The second-order valence-corrected chi connectivity index (χ2v) is 3.37. The van der Waals surface area contributed by atoms with Crippen LogP contribution in [0.2, 0.25) is 0 Å². The normalized spacial score (nSPS) is 10.0. The van der Waals surface area contributed by atoms with Crippen LogP contribution < -0.4 is 10.9 Å². The van der Waals surface area contributed by atoms with Gasteiger partial charge in [-0.05, 0) is 24.1 Å². The standard InChI is InChI=1S/C11H12N4O/c16-11-7-10(8-14-15-11)13-6-3-9-1-4-12-5-2-9/h1-2,4-5,7-8H,3,6H2,(H2,13,15,16). The molecule has 2 aromatic rings. The lowest BCUT2D eigenvalue weighted by Gasteiger charge is -2.04. The van der Waals surface area contributed by atoms with Crippen LogP contribution in [0.5, 0.6) is 0 Å². The number of rotatable bonds is 4. The van der Waals surface area contributed by atoms with Crippen LogP contribution in [0.25, 0.3) is 0 Å². The molecule has 0 aliphatic rings. The third-order valence-electron chi connectivity index (χ3n) is 2.16. The van der Waals surface area contributed by atoms with E-state index in [9.17, 15) is 4.79 Å². The first-order valence-corrected chi connectivity index (χ1v) is 5.02. The van der Waals surface area contributed by atoms with E-state index >= 15 is 0 Å². The Morgan fingerprint density at radius 2 is 2.12 bits per heavy atom. The lowest BCUT2D eigenvalue weighted by molar-refractivity contribution is 0.967. The van der Waals surface area contributed by atoms with Crippen molar-refractivity contribution in [2.24, 2.45) is 0 Å². The van der Waals surface area contributed by atoms with Crippen molar-refractivity contribution in [3.05, 3.63) is 52.7 Å². The molecule has 0 fully saturated rings. The number of hydrogen-bond donors (Lipinski definition) is 2. The molecule has 0 aliphatic heterocycles. The summed E-state index contributed by atoms with van der Waals surface area (Å²) in [5.41, 5.74) is 1.74. The highest BCUT2D eigenvalue weighted by Crippen LogP contribution is 2.01. The maximum Gasteiger partial charge on any atom is 0.266 e. The number of H-pyrrole nitrogens is 1. The first-order chi connectivity index (χ1) is 7.84. The molecule has 2 N–H and O–H groups in total. The van der Waals surface area contributed by atoms with E-state index in [1.165, 1.54) is 11.6 Å². The minimum Gasteiger partial charge on any atom is -0.383 e. The molecule has 0 aromatic carbocycles. The highest BCUT2D eigenvalue weighted by molar-refractivity contribution is 5.38. The lowest BCUT2D eigenvalue weighted by Crippen LogP contribution is -2.11. The Morgan fingerprint density at radius 1 is 1.31 bits per heavy atom. The van der Waals surface area contributed by atoms with Gasteiger partial charge in [0.1, 0.15) is 0 Å². The van der Waals surface area contributed by atoms with Crippen molar-refractivity contribution in [1.29, 1.82) is 0 Å². The van der Waals surface area contributed by atoms with E-state index in [1.54, 1.807) is 18.6 Å². The smallest absolute Gasteiger partial charge is 0.266 e. The number of nitrogens with one attached hydrogen (secondary N) is 2. The van der Waals surface area contributed by atoms with Crippen LogP contribution in [0, 0.1) is 0 Å². The zero-order chi connectivity index (χ0) is 11.2. The Morgan fingerprint density at radius 3 is 2.88 bits per heavy atom. The number of hydrogen-bond acceptors (Lipinski definition) is 4. The molecule has 0 bridgehead atoms. The van der Waals surface area contributed by atoms with Crippen LogP contribution in [0.15, 0.2) is 41.6 Å². The quantitative estimate of drug-likeness (QED) is 0.793. The maximum absolute atomic E-state index is 11.0. The fourth-order valence-corrected chi connectivity index (χ4v) is 1.37. The van der Waals surface area contributed by atoms with E-state index in [1.807, 2.05) is 12.1 Å². The van der Waals surface area contributed by atoms with Crippen LogP contribution >= 0.6 is 0 Å². The molecular weight excluding hydrogens is 204 g/mol. The second-order valence-electron chi connectivity index (χ2n) is 3.37. The van der Waals surface area contributed by atoms with Gasteiger partial charge in [0.25, 0.3) is 5.56 Å². The van der Waals surface area contributed by atoms with Gasteiger partial charge < -0.3 is 5.32 Å². The van der Waals surface area contributed by atoms with Gasteiger partial charge in [0.2, 0.25) is 0 Å². The van der Waals surface area contributed by atoms with Crippen LogP contribution in [0.3, 0.4) is 0 Å². The topological polar surface area (TPSA) is 70.7 Å². The largest absolute Gasteiger partial charge is 0.383 e. The average molecular weight is 216 g/mol. The number of aromatic nitrogens is 3. The van der Waals surface area contributed by atoms with Crippen molar-refractivity contribution in [3.8, 4) is 0 Å².